The molecule has 1 fully saturated rings. The topological polar surface area (TPSA) is 77.3 Å². The Labute approximate surface area is 195 Å². The van der Waals surface area contributed by atoms with E-state index in [4.69, 9.17) is 14.7 Å². The highest BCUT2D eigenvalue weighted by molar-refractivity contribution is 8.00. The van der Waals surface area contributed by atoms with E-state index in [1.165, 1.54) is 9.01 Å². The molecule has 1 aliphatic rings. The molecule has 0 aliphatic carbocycles. The molecule has 2 aromatic heterocycles. The monoisotopic (exact) mass is 488 g/mol. The Morgan fingerprint density at radius 3 is 2.69 bits per heavy atom. The number of imidazole rings is 1. The van der Waals surface area contributed by atoms with Crippen LogP contribution >= 0.6 is 23.1 Å². The Kier molecular flexibility index (Phi) is 6.22. The van der Waals surface area contributed by atoms with Gasteiger partial charge in [-0.15, -0.1) is 11.3 Å². The molecule has 1 aliphatic heterocycles. The van der Waals surface area contributed by atoms with E-state index in [9.17, 15) is 8.42 Å². The van der Waals surface area contributed by atoms with Gasteiger partial charge in [0.2, 0.25) is 10.0 Å². The molecule has 0 amide bonds. The number of rotatable bonds is 7. The maximum Gasteiger partial charge on any atom is 0.243 e. The van der Waals surface area contributed by atoms with Gasteiger partial charge in [-0.05, 0) is 36.8 Å². The molecule has 0 spiro atoms. The predicted octanol–water partition coefficient (Wildman–Crippen LogP) is 4.37. The molecular weight excluding hydrogens is 464 g/mol. The number of sulfonamides is 1. The van der Waals surface area contributed by atoms with Crippen LogP contribution in [0.25, 0.3) is 21.3 Å². The SMILES string of the molecule is CCCn1c(CSc2nc3ccccc3s2)nc2cc(S(=O)(=O)N3CCOCC3)ccc21. The third-order valence-electron chi connectivity index (χ3n) is 5.45. The normalized spacial score (nSPS) is 15.7. The lowest BCUT2D eigenvalue weighted by Crippen LogP contribution is -2.40. The van der Waals surface area contributed by atoms with Gasteiger partial charge in [-0.3, -0.25) is 0 Å². The van der Waals surface area contributed by atoms with Crippen LogP contribution in [0.2, 0.25) is 0 Å². The zero-order chi connectivity index (χ0) is 22.1. The second-order valence-electron chi connectivity index (χ2n) is 7.58. The first-order valence-electron chi connectivity index (χ1n) is 10.6. The molecule has 0 unspecified atom stereocenters. The average Bonchev–Trinajstić information content (AvgIpc) is 3.39. The van der Waals surface area contributed by atoms with Crippen LogP contribution in [0.15, 0.2) is 51.7 Å². The van der Waals surface area contributed by atoms with Gasteiger partial charge < -0.3 is 9.30 Å². The molecule has 0 N–H and O–H groups in total. The fourth-order valence-electron chi connectivity index (χ4n) is 3.88. The number of aromatic nitrogens is 3. The number of hydrogen-bond donors (Lipinski definition) is 0. The Bertz CT molecular complexity index is 1320. The molecule has 4 aromatic rings. The van der Waals surface area contributed by atoms with Crippen LogP contribution in [0.5, 0.6) is 0 Å². The third kappa shape index (κ3) is 4.17. The summed E-state index contributed by atoms with van der Waals surface area (Å²) in [4.78, 5) is 9.83. The molecule has 0 atom stereocenters. The highest BCUT2D eigenvalue weighted by Crippen LogP contribution is 2.32. The smallest absolute Gasteiger partial charge is 0.243 e. The Hall–Kier alpha value is -1.98. The summed E-state index contributed by atoms with van der Waals surface area (Å²) in [5, 5.41) is 0. The first-order chi connectivity index (χ1) is 15.6. The summed E-state index contributed by atoms with van der Waals surface area (Å²) in [5.41, 5.74) is 2.69. The van der Waals surface area contributed by atoms with Crippen molar-refractivity contribution in [1.29, 1.82) is 0 Å². The van der Waals surface area contributed by atoms with E-state index in [1.807, 2.05) is 24.3 Å². The van der Waals surface area contributed by atoms with Crippen LogP contribution in [0, 0.1) is 0 Å². The summed E-state index contributed by atoms with van der Waals surface area (Å²) in [5.74, 6) is 1.62. The lowest BCUT2D eigenvalue weighted by molar-refractivity contribution is 0.0730. The van der Waals surface area contributed by atoms with Crippen LogP contribution in [-0.4, -0.2) is 53.6 Å². The van der Waals surface area contributed by atoms with E-state index in [1.54, 1.807) is 35.2 Å². The zero-order valence-corrected chi connectivity index (χ0v) is 20.2. The molecule has 5 rings (SSSR count). The number of para-hydroxylation sites is 1. The maximum absolute atomic E-state index is 13.1. The summed E-state index contributed by atoms with van der Waals surface area (Å²) in [7, 11) is -3.55. The second kappa shape index (κ2) is 9.11. The standard InChI is InChI=1S/C22H24N4O3S3/c1-2-9-26-19-8-7-16(32(27,28)25-10-12-29-13-11-25)14-18(19)23-21(26)15-30-22-24-17-5-3-4-6-20(17)31-22/h3-8,14H,2,9-13,15H2,1H3. The lowest BCUT2D eigenvalue weighted by Gasteiger charge is -2.26. The lowest BCUT2D eigenvalue weighted by atomic mass is 10.3. The van der Waals surface area contributed by atoms with Gasteiger partial charge >= 0.3 is 0 Å². The molecule has 2 aromatic carbocycles. The first kappa shape index (κ1) is 21.8. The largest absolute Gasteiger partial charge is 0.379 e. The van der Waals surface area contributed by atoms with Gasteiger partial charge in [0.05, 0.1) is 45.1 Å². The molecular formula is C22H24N4O3S3. The number of benzene rings is 2. The molecule has 168 valence electrons. The predicted molar refractivity (Wildman–Crippen MR) is 129 cm³/mol. The molecule has 0 radical (unpaired) electrons. The first-order valence-corrected chi connectivity index (χ1v) is 13.9. The van der Waals surface area contributed by atoms with Crippen molar-refractivity contribution in [2.75, 3.05) is 26.3 Å². The van der Waals surface area contributed by atoms with Gasteiger partial charge in [0.25, 0.3) is 0 Å². The molecule has 0 bridgehead atoms. The van der Waals surface area contributed by atoms with E-state index in [-0.39, 0.29) is 0 Å². The number of fused-ring (bicyclic) bond motifs is 2. The third-order valence-corrected chi connectivity index (χ3v) is 9.52. The minimum Gasteiger partial charge on any atom is -0.379 e. The minimum absolute atomic E-state index is 0.290. The van der Waals surface area contributed by atoms with Crippen LogP contribution in [-0.2, 0) is 27.1 Å². The maximum atomic E-state index is 13.1. The number of morpholine rings is 1. The fraction of sp³-hybridized carbons (Fsp3) is 0.364. The van der Waals surface area contributed by atoms with Crippen LogP contribution < -0.4 is 0 Å². The van der Waals surface area contributed by atoms with Crippen molar-refractivity contribution >= 4 is 54.4 Å². The number of thioether (sulfide) groups is 1. The summed E-state index contributed by atoms with van der Waals surface area (Å²) < 4.78 is 37.3. The number of thiazole rings is 1. The number of aryl methyl sites for hydroxylation is 1. The second-order valence-corrected chi connectivity index (χ2v) is 11.8. The molecule has 7 nitrogen and oxygen atoms in total. The van der Waals surface area contributed by atoms with Crippen molar-refractivity contribution in [1.82, 2.24) is 18.8 Å². The Morgan fingerprint density at radius 1 is 1.09 bits per heavy atom. The van der Waals surface area contributed by atoms with Gasteiger partial charge in [0.1, 0.15) is 5.82 Å². The molecule has 10 heteroatoms. The molecule has 3 heterocycles. The molecule has 0 saturated carbocycles. The van der Waals surface area contributed by atoms with Gasteiger partial charge in [-0.2, -0.15) is 4.31 Å². The quantitative estimate of drug-likeness (QED) is 0.360. The fourth-order valence-corrected chi connectivity index (χ4v) is 7.32. The zero-order valence-electron chi connectivity index (χ0n) is 17.7. The summed E-state index contributed by atoms with van der Waals surface area (Å²) in [6.45, 7) is 4.60. The summed E-state index contributed by atoms with van der Waals surface area (Å²) >= 11 is 3.35. The van der Waals surface area contributed by atoms with E-state index in [2.05, 4.69) is 17.6 Å². The summed E-state index contributed by atoms with van der Waals surface area (Å²) in [6.07, 6.45) is 0.970. The number of nitrogens with zero attached hydrogens (tertiary/aromatic N) is 4. The molecule has 1 saturated heterocycles. The Balaban J connectivity index is 1.45. The van der Waals surface area contributed by atoms with Gasteiger partial charge in [-0.1, -0.05) is 30.8 Å². The van der Waals surface area contributed by atoms with Gasteiger partial charge in [-0.25, -0.2) is 18.4 Å². The van der Waals surface area contributed by atoms with Crippen LogP contribution in [0.1, 0.15) is 19.2 Å². The van der Waals surface area contributed by atoms with Crippen LogP contribution in [0.4, 0.5) is 0 Å². The van der Waals surface area contributed by atoms with E-state index >= 15 is 0 Å². The minimum atomic E-state index is -3.55. The molecule has 32 heavy (non-hydrogen) atoms. The number of hydrogen-bond acceptors (Lipinski definition) is 7. The van der Waals surface area contributed by atoms with Crippen LogP contribution in [0.3, 0.4) is 0 Å². The van der Waals surface area contributed by atoms with Crippen molar-refractivity contribution in [2.24, 2.45) is 0 Å². The van der Waals surface area contributed by atoms with E-state index < -0.39 is 10.0 Å². The Morgan fingerprint density at radius 2 is 1.91 bits per heavy atom. The van der Waals surface area contributed by atoms with Crippen molar-refractivity contribution < 1.29 is 13.2 Å². The van der Waals surface area contributed by atoms with Gasteiger partial charge in [0.15, 0.2) is 4.34 Å². The number of ether oxygens (including phenoxy) is 1. The van der Waals surface area contributed by atoms with Crippen molar-refractivity contribution in [3.05, 3.63) is 48.3 Å². The van der Waals surface area contributed by atoms with Crippen molar-refractivity contribution in [2.45, 2.75) is 34.9 Å². The summed E-state index contributed by atoms with van der Waals surface area (Å²) in [6, 6.07) is 13.4. The van der Waals surface area contributed by atoms with E-state index in [0.29, 0.717) is 42.5 Å². The van der Waals surface area contributed by atoms with Gasteiger partial charge in [0, 0.05) is 19.6 Å². The van der Waals surface area contributed by atoms with Crippen molar-refractivity contribution in [3.8, 4) is 0 Å². The highest BCUT2D eigenvalue weighted by atomic mass is 32.2. The van der Waals surface area contributed by atoms with Crippen molar-refractivity contribution in [3.63, 3.8) is 0 Å². The average molecular weight is 489 g/mol. The highest BCUT2D eigenvalue weighted by Gasteiger charge is 2.27. The van der Waals surface area contributed by atoms with E-state index in [0.717, 1.165) is 34.2 Å².